The van der Waals surface area contributed by atoms with Gasteiger partial charge in [-0.3, -0.25) is 14.3 Å². The van der Waals surface area contributed by atoms with Crippen LogP contribution >= 0.6 is 0 Å². The first-order chi connectivity index (χ1) is 15.6. The average molecular weight is 426 g/mol. The quantitative estimate of drug-likeness (QED) is 0.449. The van der Waals surface area contributed by atoms with Gasteiger partial charge >= 0.3 is 0 Å². The molecular weight excluding hydrogens is 404 g/mol. The van der Waals surface area contributed by atoms with E-state index in [1.165, 1.54) is 0 Å². The number of fused-ring (bicyclic) bond motifs is 1. The zero-order valence-electron chi connectivity index (χ0n) is 17.8. The molecule has 0 aromatic carbocycles. The first-order valence-corrected chi connectivity index (χ1v) is 10.5. The van der Waals surface area contributed by atoms with Gasteiger partial charge in [0.05, 0.1) is 60.4 Å². The summed E-state index contributed by atoms with van der Waals surface area (Å²) in [6.45, 7) is 1.95. The Labute approximate surface area is 184 Å². The summed E-state index contributed by atoms with van der Waals surface area (Å²) in [5, 5.41) is 32.1. The number of nitrogens with zero attached hydrogens (tertiary/aromatic N) is 10. The first-order valence-electron chi connectivity index (χ1n) is 10.5. The van der Waals surface area contributed by atoms with Gasteiger partial charge in [-0.2, -0.15) is 25.8 Å². The maximum atomic E-state index is 9.53. The molecular formula is C22H22N10. The number of rotatable bonds is 5. The smallest absolute Gasteiger partial charge is 0.112 e. The van der Waals surface area contributed by atoms with E-state index in [4.69, 9.17) is 10.2 Å². The summed E-state index contributed by atoms with van der Waals surface area (Å²) in [6.07, 6.45) is 11.2. The molecule has 160 valence electrons. The number of likely N-dealkylation sites (tertiary alicyclic amines) is 1. The fraction of sp³-hybridized carbons (Fsp3) is 0.364. The topological polar surface area (TPSA) is 117 Å². The maximum absolute atomic E-state index is 9.53. The fourth-order valence-electron chi connectivity index (χ4n) is 4.38. The van der Waals surface area contributed by atoms with Gasteiger partial charge in [0.1, 0.15) is 11.4 Å². The lowest BCUT2D eigenvalue weighted by Crippen LogP contribution is -2.46. The van der Waals surface area contributed by atoms with Crippen LogP contribution in [0.15, 0.2) is 43.1 Å². The SMILES string of the molecule is Cn1ccc(-c2cn3nccc3c(-c3cnn(C4(CC#N)CCN(CC#N)CC4)c3)n2)n1. The van der Waals surface area contributed by atoms with E-state index in [-0.39, 0.29) is 5.54 Å². The zero-order chi connectivity index (χ0) is 22.1. The summed E-state index contributed by atoms with van der Waals surface area (Å²) in [7, 11) is 1.87. The van der Waals surface area contributed by atoms with Gasteiger partial charge in [-0.05, 0) is 25.0 Å². The van der Waals surface area contributed by atoms with Crippen molar-refractivity contribution in [2.75, 3.05) is 19.6 Å². The van der Waals surface area contributed by atoms with Gasteiger partial charge in [0, 0.05) is 38.1 Å². The molecule has 5 heterocycles. The van der Waals surface area contributed by atoms with E-state index in [2.05, 4.69) is 32.3 Å². The number of aryl methyl sites for hydroxylation is 1. The van der Waals surface area contributed by atoms with E-state index in [1.807, 2.05) is 42.5 Å². The van der Waals surface area contributed by atoms with E-state index in [0.717, 1.165) is 54.1 Å². The van der Waals surface area contributed by atoms with Gasteiger partial charge in [-0.1, -0.05) is 0 Å². The highest BCUT2D eigenvalue weighted by molar-refractivity contribution is 5.77. The lowest BCUT2D eigenvalue weighted by molar-refractivity contribution is 0.111. The Kier molecular flexibility index (Phi) is 4.92. The molecule has 0 radical (unpaired) electrons. The highest BCUT2D eigenvalue weighted by Crippen LogP contribution is 2.35. The summed E-state index contributed by atoms with van der Waals surface area (Å²) in [5.74, 6) is 0. The number of hydrogen-bond donors (Lipinski definition) is 0. The second-order valence-electron chi connectivity index (χ2n) is 8.18. The molecule has 0 atom stereocenters. The van der Waals surface area contributed by atoms with Crippen LogP contribution < -0.4 is 0 Å². The third-order valence-electron chi connectivity index (χ3n) is 6.20. The van der Waals surface area contributed by atoms with E-state index in [1.54, 1.807) is 21.6 Å². The Bertz CT molecular complexity index is 1340. The van der Waals surface area contributed by atoms with Gasteiger partial charge in [-0.25, -0.2) is 9.50 Å². The lowest BCUT2D eigenvalue weighted by atomic mass is 9.85. The fourth-order valence-corrected chi connectivity index (χ4v) is 4.38. The van der Waals surface area contributed by atoms with E-state index in [9.17, 15) is 5.26 Å². The number of aromatic nitrogens is 7. The van der Waals surface area contributed by atoms with Crippen LogP contribution in [0.1, 0.15) is 19.3 Å². The molecule has 1 saturated heterocycles. The monoisotopic (exact) mass is 426 g/mol. The largest absolute Gasteiger partial charge is 0.290 e. The van der Waals surface area contributed by atoms with Crippen molar-refractivity contribution >= 4 is 5.52 Å². The van der Waals surface area contributed by atoms with E-state index < -0.39 is 0 Å². The van der Waals surface area contributed by atoms with Crippen LogP contribution in [0.2, 0.25) is 0 Å². The van der Waals surface area contributed by atoms with Crippen molar-refractivity contribution in [3.8, 4) is 34.8 Å². The van der Waals surface area contributed by atoms with Crippen LogP contribution in [-0.4, -0.2) is 58.7 Å². The van der Waals surface area contributed by atoms with Crippen molar-refractivity contribution in [2.45, 2.75) is 24.8 Å². The molecule has 5 rings (SSSR count). The molecule has 10 heteroatoms. The lowest BCUT2D eigenvalue weighted by Gasteiger charge is -2.40. The summed E-state index contributed by atoms with van der Waals surface area (Å²) in [5.41, 5.74) is 3.62. The van der Waals surface area contributed by atoms with Crippen LogP contribution in [0.5, 0.6) is 0 Å². The number of nitriles is 2. The minimum atomic E-state index is -0.381. The molecule has 1 aliphatic heterocycles. The average Bonchev–Trinajstić information content (AvgIpc) is 3.55. The molecule has 0 N–H and O–H groups in total. The Morgan fingerprint density at radius 2 is 1.91 bits per heavy atom. The molecule has 4 aromatic rings. The molecule has 0 aliphatic carbocycles. The van der Waals surface area contributed by atoms with Crippen LogP contribution in [0.3, 0.4) is 0 Å². The second-order valence-corrected chi connectivity index (χ2v) is 8.18. The third kappa shape index (κ3) is 3.41. The molecule has 32 heavy (non-hydrogen) atoms. The van der Waals surface area contributed by atoms with Crippen LogP contribution in [0.25, 0.3) is 28.2 Å². The molecule has 0 amide bonds. The van der Waals surface area contributed by atoms with Crippen molar-refractivity contribution in [3.63, 3.8) is 0 Å². The minimum Gasteiger partial charge on any atom is -0.290 e. The predicted molar refractivity (Wildman–Crippen MR) is 116 cm³/mol. The molecule has 0 bridgehead atoms. The Morgan fingerprint density at radius 1 is 1.06 bits per heavy atom. The maximum Gasteiger partial charge on any atom is 0.112 e. The predicted octanol–water partition coefficient (Wildman–Crippen LogP) is 2.22. The normalized spacial score (nSPS) is 16.1. The van der Waals surface area contributed by atoms with Gasteiger partial charge in [0.2, 0.25) is 0 Å². The van der Waals surface area contributed by atoms with Gasteiger partial charge < -0.3 is 0 Å². The summed E-state index contributed by atoms with van der Waals surface area (Å²) in [6, 6.07) is 8.40. The van der Waals surface area contributed by atoms with Crippen molar-refractivity contribution in [1.29, 1.82) is 10.5 Å². The van der Waals surface area contributed by atoms with Crippen LogP contribution in [0.4, 0.5) is 0 Å². The van der Waals surface area contributed by atoms with Crippen molar-refractivity contribution in [2.24, 2.45) is 7.05 Å². The zero-order valence-corrected chi connectivity index (χ0v) is 17.8. The molecule has 0 spiro atoms. The molecule has 0 unspecified atom stereocenters. The standard InChI is InChI=1S/C22H22N10/c1-29-10-3-18(28-29)19-16-31-20(2-9-25-31)21(27-19)17-14-26-32(15-17)22(4-7-23)5-11-30(12-6-22)13-8-24/h2-3,9-10,14-16H,4-6,11-13H2,1H3. The van der Waals surface area contributed by atoms with Gasteiger partial charge in [0.15, 0.2) is 0 Å². The number of piperidine rings is 1. The molecule has 1 fully saturated rings. The second kappa shape index (κ2) is 7.91. The third-order valence-corrected chi connectivity index (χ3v) is 6.20. The van der Waals surface area contributed by atoms with E-state index >= 15 is 0 Å². The van der Waals surface area contributed by atoms with Crippen LogP contribution in [-0.2, 0) is 12.6 Å². The summed E-state index contributed by atoms with van der Waals surface area (Å²) < 4.78 is 5.47. The molecule has 4 aromatic heterocycles. The molecule has 0 saturated carbocycles. The minimum absolute atomic E-state index is 0.373. The number of hydrogen-bond acceptors (Lipinski definition) is 7. The Hall–Kier alpha value is -4.02. The summed E-state index contributed by atoms with van der Waals surface area (Å²) in [4.78, 5) is 7.01. The molecule has 10 nitrogen and oxygen atoms in total. The first kappa shape index (κ1) is 19.9. The summed E-state index contributed by atoms with van der Waals surface area (Å²) >= 11 is 0. The Morgan fingerprint density at radius 3 is 2.62 bits per heavy atom. The van der Waals surface area contributed by atoms with Gasteiger partial charge in [-0.15, -0.1) is 0 Å². The van der Waals surface area contributed by atoms with Gasteiger partial charge in [0.25, 0.3) is 0 Å². The Balaban J connectivity index is 1.54. The van der Waals surface area contributed by atoms with Crippen LogP contribution in [0, 0.1) is 22.7 Å². The van der Waals surface area contributed by atoms with E-state index in [0.29, 0.717) is 13.0 Å². The highest BCUT2D eigenvalue weighted by Gasteiger charge is 2.37. The van der Waals surface area contributed by atoms with Crippen molar-refractivity contribution < 1.29 is 0 Å². The highest BCUT2D eigenvalue weighted by atomic mass is 15.3. The van der Waals surface area contributed by atoms with Crippen molar-refractivity contribution in [1.82, 2.24) is 39.1 Å². The molecule has 1 aliphatic rings. The van der Waals surface area contributed by atoms with Crippen molar-refractivity contribution in [3.05, 3.63) is 43.1 Å².